The Kier molecular flexibility index (Phi) is 5.72. The summed E-state index contributed by atoms with van der Waals surface area (Å²) >= 11 is 3.18. The molecule has 0 saturated heterocycles. The van der Waals surface area contributed by atoms with Crippen molar-refractivity contribution < 1.29 is 9.21 Å². The summed E-state index contributed by atoms with van der Waals surface area (Å²) in [5.41, 5.74) is 0. The summed E-state index contributed by atoms with van der Waals surface area (Å²) < 4.78 is 5.73. The van der Waals surface area contributed by atoms with Crippen molar-refractivity contribution in [3.8, 4) is 0 Å². The number of rotatable bonds is 2. The Morgan fingerprint density at radius 3 is 2.50 bits per heavy atom. The first-order valence-electron chi connectivity index (χ1n) is 4.01. The van der Waals surface area contributed by atoms with Crippen LogP contribution in [0.2, 0.25) is 0 Å². The molecule has 1 rings (SSSR count). The lowest BCUT2D eigenvalue weighted by Gasteiger charge is -1.86. The molecule has 0 radical (unpaired) electrons. The van der Waals surface area contributed by atoms with E-state index in [0.717, 1.165) is 4.47 Å². The molecular weight excluding hydrogens is 220 g/mol. The van der Waals surface area contributed by atoms with Gasteiger partial charge >= 0.3 is 0 Å². The summed E-state index contributed by atoms with van der Waals surface area (Å²) in [6.07, 6.45) is 1.99. The topological polar surface area (TPSA) is 30.2 Å². The summed E-state index contributed by atoms with van der Waals surface area (Å²) in [5.74, 6) is 0.458. The molecule has 12 heavy (non-hydrogen) atoms. The lowest BCUT2D eigenvalue weighted by molar-refractivity contribution is 0.0961. The van der Waals surface area contributed by atoms with Crippen LogP contribution in [0.25, 0.3) is 0 Å². The maximum absolute atomic E-state index is 10.9. The van der Waals surface area contributed by atoms with Gasteiger partial charge in [0.2, 0.25) is 0 Å². The number of ketones is 1. The highest BCUT2D eigenvalue weighted by Crippen LogP contribution is 2.14. The molecule has 0 aliphatic carbocycles. The second-order valence-electron chi connectivity index (χ2n) is 1.91. The fourth-order valence-electron chi connectivity index (χ4n) is 0.634. The zero-order valence-corrected chi connectivity index (χ0v) is 9.14. The highest BCUT2D eigenvalue weighted by molar-refractivity contribution is 9.10. The zero-order chi connectivity index (χ0) is 9.56. The van der Waals surface area contributed by atoms with Crippen LogP contribution in [0.5, 0.6) is 0 Å². The fourth-order valence-corrected chi connectivity index (χ4v) is 0.935. The van der Waals surface area contributed by atoms with Crippen LogP contribution >= 0.6 is 15.9 Å². The Bertz CT molecular complexity index is 240. The minimum Gasteiger partial charge on any atom is -0.460 e. The Morgan fingerprint density at radius 1 is 1.58 bits per heavy atom. The zero-order valence-electron chi connectivity index (χ0n) is 7.56. The molecule has 1 aromatic rings. The first-order chi connectivity index (χ1) is 5.74. The van der Waals surface area contributed by atoms with Gasteiger partial charge in [-0.05, 0) is 15.9 Å². The largest absolute Gasteiger partial charge is 0.460 e. The fraction of sp³-hybridized carbons (Fsp3) is 0.444. The molecule has 2 nitrogen and oxygen atoms in total. The molecule has 0 aliphatic heterocycles. The van der Waals surface area contributed by atoms with Gasteiger partial charge in [0.1, 0.15) is 6.26 Å². The molecule has 0 N–H and O–H groups in total. The molecule has 0 unspecified atom stereocenters. The summed E-state index contributed by atoms with van der Waals surface area (Å²) in [6, 6.07) is 1.67. The predicted octanol–water partition coefficient (Wildman–Crippen LogP) is 3.66. The molecule has 0 aliphatic rings. The van der Waals surface area contributed by atoms with E-state index in [1.54, 1.807) is 13.0 Å². The van der Waals surface area contributed by atoms with Gasteiger partial charge in [0, 0.05) is 12.5 Å². The second kappa shape index (κ2) is 6.00. The van der Waals surface area contributed by atoms with E-state index in [-0.39, 0.29) is 5.78 Å². The van der Waals surface area contributed by atoms with Crippen LogP contribution in [0, 0.1) is 0 Å². The highest BCUT2D eigenvalue weighted by Gasteiger charge is 2.06. The van der Waals surface area contributed by atoms with E-state index in [9.17, 15) is 4.79 Å². The van der Waals surface area contributed by atoms with E-state index in [2.05, 4.69) is 15.9 Å². The smallest absolute Gasteiger partial charge is 0.197 e. The van der Waals surface area contributed by atoms with Gasteiger partial charge in [-0.2, -0.15) is 0 Å². The number of carbonyl (C=O) groups is 1. The summed E-state index contributed by atoms with van der Waals surface area (Å²) in [6.45, 7) is 5.80. The van der Waals surface area contributed by atoms with Gasteiger partial charge in [0.15, 0.2) is 11.5 Å². The quantitative estimate of drug-likeness (QED) is 0.729. The minimum absolute atomic E-state index is 0.0331. The Balaban J connectivity index is 0.000000561. The van der Waals surface area contributed by atoms with Gasteiger partial charge in [-0.25, -0.2) is 0 Å². The van der Waals surface area contributed by atoms with E-state index in [4.69, 9.17) is 4.42 Å². The van der Waals surface area contributed by atoms with Crippen molar-refractivity contribution in [2.24, 2.45) is 0 Å². The monoisotopic (exact) mass is 232 g/mol. The van der Waals surface area contributed by atoms with Crippen LogP contribution in [-0.4, -0.2) is 5.78 Å². The van der Waals surface area contributed by atoms with E-state index in [0.29, 0.717) is 12.2 Å². The van der Waals surface area contributed by atoms with Crippen LogP contribution in [0.4, 0.5) is 0 Å². The minimum atomic E-state index is 0.0331. The average molecular weight is 233 g/mol. The van der Waals surface area contributed by atoms with Crippen LogP contribution in [-0.2, 0) is 0 Å². The summed E-state index contributed by atoms with van der Waals surface area (Å²) in [4.78, 5) is 10.9. The third-order valence-electron chi connectivity index (χ3n) is 1.16. The second-order valence-corrected chi connectivity index (χ2v) is 2.82. The normalized spacial score (nSPS) is 8.67. The molecule has 1 heterocycles. The van der Waals surface area contributed by atoms with Crippen molar-refractivity contribution in [3.05, 3.63) is 22.6 Å². The van der Waals surface area contributed by atoms with E-state index >= 15 is 0 Å². The van der Waals surface area contributed by atoms with Crippen molar-refractivity contribution in [3.63, 3.8) is 0 Å². The lowest BCUT2D eigenvalue weighted by atomic mass is 10.2. The van der Waals surface area contributed by atoms with Crippen LogP contribution in [0.3, 0.4) is 0 Å². The number of hydrogen-bond acceptors (Lipinski definition) is 2. The Hall–Kier alpha value is -0.570. The van der Waals surface area contributed by atoms with E-state index < -0.39 is 0 Å². The molecular formula is C9H13BrO2. The number of hydrogen-bond donors (Lipinski definition) is 0. The number of Topliss-reactive ketones (excluding diaryl/α,β-unsaturated/α-hetero) is 1. The van der Waals surface area contributed by atoms with Gasteiger partial charge in [-0.1, -0.05) is 20.8 Å². The first-order valence-corrected chi connectivity index (χ1v) is 4.80. The van der Waals surface area contributed by atoms with Gasteiger partial charge in [0.25, 0.3) is 0 Å². The van der Waals surface area contributed by atoms with Crippen molar-refractivity contribution in [2.75, 3.05) is 0 Å². The number of halogens is 1. The first kappa shape index (κ1) is 11.4. The van der Waals surface area contributed by atoms with Gasteiger partial charge in [-0.3, -0.25) is 4.79 Å². The predicted molar refractivity (Wildman–Crippen MR) is 52.4 cm³/mol. The Morgan fingerprint density at radius 2 is 2.17 bits per heavy atom. The number of furan rings is 1. The Labute approximate surface area is 81.1 Å². The molecule has 0 bridgehead atoms. The molecule has 0 aromatic carbocycles. The third kappa shape index (κ3) is 3.22. The van der Waals surface area contributed by atoms with E-state index in [1.165, 1.54) is 6.26 Å². The van der Waals surface area contributed by atoms with Gasteiger partial charge in [0.05, 0.1) is 4.47 Å². The molecule has 1 aromatic heterocycles. The highest BCUT2D eigenvalue weighted by atomic mass is 79.9. The van der Waals surface area contributed by atoms with E-state index in [1.807, 2.05) is 13.8 Å². The third-order valence-corrected chi connectivity index (χ3v) is 1.58. The molecule has 0 spiro atoms. The molecule has 0 fully saturated rings. The van der Waals surface area contributed by atoms with Gasteiger partial charge < -0.3 is 4.42 Å². The number of carbonyl (C=O) groups excluding carboxylic acids is 1. The van der Waals surface area contributed by atoms with Crippen molar-refractivity contribution in [1.29, 1.82) is 0 Å². The molecule has 3 heteroatoms. The molecule has 0 saturated carbocycles. The SMILES string of the molecule is CC.CCC(=O)c1cc(Br)co1. The lowest BCUT2D eigenvalue weighted by Crippen LogP contribution is -1.92. The summed E-state index contributed by atoms with van der Waals surface area (Å²) in [7, 11) is 0. The maximum Gasteiger partial charge on any atom is 0.197 e. The van der Waals surface area contributed by atoms with Crippen LogP contribution in [0.15, 0.2) is 21.2 Å². The van der Waals surface area contributed by atoms with Crippen molar-refractivity contribution in [2.45, 2.75) is 27.2 Å². The maximum atomic E-state index is 10.9. The standard InChI is InChI=1S/C7H7BrO2.C2H6/c1-2-6(9)7-3-5(8)4-10-7;1-2/h3-4H,2H2,1H3;1-2H3. The van der Waals surface area contributed by atoms with Crippen LogP contribution < -0.4 is 0 Å². The molecule has 68 valence electrons. The van der Waals surface area contributed by atoms with Crippen molar-refractivity contribution >= 4 is 21.7 Å². The molecule has 0 amide bonds. The summed E-state index contributed by atoms with van der Waals surface area (Å²) in [5, 5.41) is 0. The molecule has 0 atom stereocenters. The van der Waals surface area contributed by atoms with Crippen molar-refractivity contribution in [1.82, 2.24) is 0 Å². The van der Waals surface area contributed by atoms with Crippen LogP contribution in [0.1, 0.15) is 37.7 Å². The van der Waals surface area contributed by atoms with Gasteiger partial charge in [-0.15, -0.1) is 0 Å². The average Bonchev–Trinajstić information content (AvgIpc) is 2.54.